The lowest BCUT2D eigenvalue weighted by molar-refractivity contribution is -0.150. The molecular weight excluding hydrogens is 419 g/mol. The Morgan fingerprint density at radius 1 is 1.13 bits per heavy atom. The van der Waals surface area contributed by atoms with E-state index in [-0.39, 0.29) is 11.8 Å². The third-order valence-electron chi connectivity index (χ3n) is 5.61. The number of rotatable bonds is 6. The van der Waals surface area contributed by atoms with Crippen molar-refractivity contribution in [1.29, 1.82) is 0 Å². The molecule has 4 rings (SSSR count). The van der Waals surface area contributed by atoms with E-state index in [9.17, 15) is 13.4 Å². The molecule has 0 spiro atoms. The van der Waals surface area contributed by atoms with E-state index in [1.807, 2.05) is 35.2 Å². The monoisotopic (exact) mass is 446 g/mol. The predicted molar refractivity (Wildman–Crippen MR) is 119 cm³/mol. The van der Waals surface area contributed by atoms with Crippen LogP contribution in [0.3, 0.4) is 0 Å². The molecule has 1 N–H and O–H groups in total. The van der Waals surface area contributed by atoms with Gasteiger partial charge in [-0.1, -0.05) is 30.3 Å². The van der Waals surface area contributed by atoms with Crippen molar-refractivity contribution < 1.29 is 18.1 Å². The zero-order chi connectivity index (χ0) is 21.8. The van der Waals surface area contributed by atoms with Crippen molar-refractivity contribution in [3.8, 4) is 0 Å². The molecule has 2 aromatic rings. The van der Waals surface area contributed by atoms with Gasteiger partial charge in [-0.25, -0.2) is 18.1 Å². The van der Waals surface area contributed by atoms with Crippen LogP contribution in [0.5, 0.6) is 0 Å². The normalized spacial score (nSPS) is 20.6. The Bertz CT molecular complexity index is 938. The van der Waals surface area contributed by atoms with Gasteiger partial charge < -0.3 is 9.64 Å². The van der Waals surface area contributed by atoms with Crippen molar-refractivity contribution in [2.45, 2.75) is 13.0 Å². The highest BCUT2D eigenvalue weighted by molar-refractivity contribution is 7.84. The molecule has 166 valence electrons. The molecule has 0 bridgehead atoms. The van der Waals surface area contributed by atoms with E-state index >= 15 is 0 Å². The van der Waals surface area contributed by atoms with Crippen LogP contribution in [0.15, 0.2) is 48.5 Å². The van der Waals surface area contributed by atoms with Crippen LogP contribution in [0.4, 0.5) is 15.8 Å². The van der Waals surface area contributed by atoms with E-state index in [0.29, 0.717) is 57.3 Å². The summed E-state index contributed by atoms with van der Waals surface area (Å²) in [7, 11) is 0. The average molecular weight is 447 g/mol. The molecule has 2 aliphatic heterocycles. The molecule has 2 aromatic carbocycles. The molecule has 9 heteroatoms. The smallest absolute Gasteiger partial charge is 0.328 e. The van der Waals surface area contributed by atoms with E-state index in [1.54, 1.807) is 23.4 Å². The molecule has 31 heavy (non-hydrogen) atoms. The van der Waals surface area contributed by atoms with Gasteiger partial charge in [0, 0.05) is 45.3 Å². The summed E-state index contributed by atoms with van der Waals surface area (Å²) in [5.41, 5.74) is 2.03. The summed E-state index contributed by atoms with van der Waals surface area (Å²) in [4.78, 5) is 16.7. The predicted octanol–water partition coefficient (Wildman–Crippen LogP) is 2.24. The van der Waals surface area contributed by atoms with Gasteiger partial charge >= 0.3 is 5.97 Å². The Morgan fingerprint density at radius 2 is 1.87 bits per heavy atom. The number of piperazine rings is 1. The minimum absolute atomic E-state index is 0.259. The number of benzene rings is 2. The van der Waals surface area contributed by atoms with Crippen molar-refractivity contribution in [3.05, 3.63) is 59.9 Å². The molecule has 0 amide bonds. The van der Waals surface area contributed by atoms with Gasteiger partial charge in [-0.15, -0.1) is 0 Å². The van der Waals surface area contributed by atoms with Gasteiger partial charge in [0.2, 0.25) is 0 Å². The minimum Gasteiger partial charge on any atom is -0.465 e. The zero-order valence-electron chi connectivity index (χ0n) is 17.5. The maximum absolute atomic E-state index is 14.9. The quantitative estimate of drug-likeness (QED) is 0.690. The van der Waals surface area contributed by atoms with Crippen molar-refractivity contribution in [3.63, 3.8) is 0 Å². The molecule has 2 saturated heterocycles. The Hall–Kier alpha value is -2.49. The molecule has 0 aliphatic carbocycles. The highest BCUT2D eigenvalue weighted by Gasteiger charge is 2.32. The first-order valence-corrected chi connectivity index (χ1v) is 11.6. The molecule has 0 saturated carbocycles. The van der Waals surface area contributed by atoms with Gasteiger partial charge in [-0.05, 0) is 24.6 Å². The van der Waals surface area contributed by atoms with Gasteiger partial charge in [0.25, 0.3) is 0 Å². The summed E-state index contributed by atoms with van der Waals surface area (Å²) in [5.74, 6) is -0.593. The third-order valence-corrected chi connectivity index (χ3v) is 6.85. The van der Waals surface area contributed by atoms with Gasteiger partial charge in [-0.2, -0.15) is 0 Å². The molecule has 0 radical (unpaired) electrons. The fourth-order valence-corrected chi connectivity index (χ4v) is 5.08. The third kappa shape index (κ3) is 4.73. The van der Waals surface area contributed by atoms with Crippen LogP contribution in [0.25, 0.3) is 0 Å². The van der Waals surface area contributed by atoms with E-state index < -0.39 is 17.2 Å². The van der Waals surface area contributed by atoms with Crippen LogP contribution in [-0.4, -0.2) is 61.0 Å². The number of nitrogens with zero attached hydrogens (tertiary/aromatic N) is 3. The lowest BCUT2D eigenvalue weighted by Gasteiger charge is -2.39. The van der Waals surface area contributed by atoms with Gasteiger partial charge in [0.05, 0.1) is 18.0 Å². The summed E-state index contributed by atoms with van der Waals surface area (Å²) in [5, 5.41) is 0. The molecular formula is C22H27FN4O3S. The largest absolute Gasteiger partial charge is 0.465 e. The van der Waals surface area contributed by atoms with Gasteiger partial charge in [-0.3, -0.25) is 9.21 Å². The SMILES string of the molecule is CCOC(=O)C(c1ccccc1)N1CCN(c2ccc(N3CCNS3=O)cc2F)CC1. The molecule has 2 fully saturated rings. The van der Waals surface area contributed by atoms with Crippen LogP contribution < -0.4 is 13.9 Å². The number of halogens is 1. The Labute approximate surface area is 184 Å². The van der Waals surface area contributed by atoms with Crippen molar-refractivity contribution in [1.82, 2.24) is 9.62 Å². The number of esters is 1. The standard InChI is InChI=1S/C22H27FN4O3S/c1-2-30-22(28)21(17-6-4-3-5-7-17)26-14-12-25(13-15-26)20-9-8-18(16-19(20)23)27-11-10-24-31(27)29/h3-9,16,21,24H,2,10-15H2,1H3. The summed E-state index contributed by atoms with van der Waals surface area (Å²) in [6.07, 6.45) is 0. The maximum atomic E-state index is 14.9. The average Bonchev–Trinajstić information content (AvgIpc) is 3.21. The highest BCUT2D eigenvalue weighted by atomic mass is 32.2. The fourth-order valence-electron chi connectivity index (χ4n) is 4.10. The van der Waals surface area contributed by atoms with Gasteiger partial charge in [0.15, 0.2) is 11.2 Å². The minimum atomic E-state index is -1.31. The summed E-state index contributed by atoms with van der Waals surface area (Å²) in [6, 6.07) is 14.1. The molecule has 2 unspecified atom stereocenters. The number of nitrogens with one attached hydrogen (secondary N) is 1. The Balaban J connectivity index is 1.46. The second-order valence-electron chi connectivity index (χ2n) is 7.47. The zero-order valence-corrected chi connectivity index (χ0v) is 18.3. The first-order valence-electron chi connectivity index (χ1n) is 10.5. The second-order valence-corrected chi connectivity index (χ2v) is 8.70. The lowest BCUT2D eigenvalue weighted by Crippen LogP contribution is -2.49. The van der Waals surface area contributed by atoms with Gasteiger partial charge in [0.1, 0.15) is 11.9 Å². The van der Waals surface area contributed by atoms with Crippen LogP contribution in [0.1, 0.15) is 18.5 Å². The first kappa shape index (κ1) is 21.7. The number of hydrogen-bond donors (Lipinski definition) is 1. The summed E-state index contributed by atoms with van der Waals surface area (Å²) in [6.45, 7) is 5.74. The number of ether oxygens (including phenoxy) is 1. The van der Waals surface area contributed by atoms with Crippen LogP contribution in [0, 0.1) is 5.82 Å². The van der Waals surface area contributed by atoms with Crippen LogP contribution >= 0.6 is 0 Å². The molecule has 7 nitrogen and oxygen atoms in total. The maximum Gasteiger partial charge on any atom is 0.328 e. The van der Waals surface area contributed by atoms with E-state index in [1.165, 1.54) is 6.07 Å². The number of carbonyl (C=O) groups excluding carboxylic acids is 1. The van der Waals surface area contributed by atoms with Crippen LogP contribution in [0.2, 0.25) is 0 Å². The molecule has 2 atom stereocenters. The van der Waals surface area contributed by atoms with Crippen molar-refractivity contribution in [2.24, 2.45) is 0 Å². The summed E-state index contributed by atoms with van der Waals surface area (Å²) >= 11 is -1.31. The molecule has 0 aromatic heterocycles. The van der Waals surface area contributed by atoms with E-state index in [4.69, 9.17) is 4.74 Å². The van der Waals surface area contributed by atoms with Crippen LogP contribution in [-0.2, 0) is 20.7 Å². The first-order chi connectivity index (χ1) is 15.1. The van der Waals surface area contributed by atoms with Crippen molar-refractivity contribution >= 4 is 28.5 Å². The Kier molecular flexibility index (Phi) is 6.84. The highest BCUT2D eigenvalue weighted by Crippen LogP contribution is 2.29. The second kappa shape index (κ2) is 9.76. The van der Waals surface area contributed by atoms with E-state index in [0.717, 1.165) is 5.56 Å². The molecule has 2 aliphatic rings. The Morgan fingerprint density at radius 3 is 2.48 bits per heavy atom. The molecule has 2 heterocycles. The fraction of sp³-hybridized carbons (Fsp3) is 0.409. The number of anilines is 2. The lowest BCUT2D eigenvalue weighted by atomic mass is 10.0. The van der Waals surface area contributed by atoms with Crippen molar-refractivity contribution in [2.75, 3.05) is 55.1 Å². The summed E-state index contributed by atoms with van der Waals surface area (Å²) < 4.78 is 36.6. The number of carbonyl (C=O) groups is 1. The van der Waals surface area contributed by atoms with E-state index in [2.05, 4.69) is 9.62 Å². The topological polar surface area (TPSA) is 65.1 Å². The number of hydrogen-bond acceptors (Lipinski definition) is 5.